The highest BCUT2D eigenvalue weighted by molar-refractivity contribution is 7.13. The summed E-state index contributed by atoms with van der Waals surface area (Å²) in [4.78, 5) is 4.05. The molecule has 3 heteroatoms. The number of hydrogen-bond donors (Lipinski definition) is 1. The van der Waals surface area contributed by atoms with Crippen LogP contribution in [0, 0.1) is 5.92 Å². The molecule has 0 aromatic carbocycles. The molecule has 2 aromatic heterocycles. The lowest BCUT2D eigenvalue weighted by Gasteiger charge is -2.14. The van der Waals surface area contributed by atoms with Gasteiger partial charge >= 0.3 is 0 Å². The Balaban J connectivity index is 1.53. The summed E-state index contributed by atoms with van der Waals surface area (Å²) >= 11 is 3.69. The maximum Gasteiger partial charge on any atom is 0.0882 e. The van der Waals surface area contributed by atoms with Crippen LogP contribution in [0.25, 0.3) is 5.57 Å². The quantitative estimate of drug-likeness (QED) is 0.435. The fourth-order valence-corrected chi connectivity index (χ4v) is 5.66. The van der Waals surface area contributed by atoms with E-state index in [2.05, 4.69) is 42.6 Å². The van der Waals surface area contributed by atoms with Gasteiger partial charge in [-0.2, -0.15) is 0 Å². The number of allylic oxidation sites excluding steroid dienone is 2. The first-order valence-corrected chi connectivity index (χ1v) is 11.5. The van der Waals surface area contributed by atoms with E-state index in [9.17, 15) is 5.11 Å². The Morgan fingerprint density at radius 2 is 2.12 bits per heavy atom. The number of hydrogen-bond acceptors (Lipinski definition) is 3. The molecule has 1 aliphatic carbocycles. The van der Waals surface area contributed by atoms with E-state index in [1.165, 1.54) is 54.7 Å². The van der Waals surface area contributed by atoms with Crippen molar-refractivity contribution in [2.45, 2.75) is 70.8 Å². The Morgan fingerprint density at radius 3 is 2.92 bits per heavy atom. The average molecular weight is 375 g/mol. The third kappa shape index (κ3) is 5.29. The summed E-state index contributed by atoms with van der Waals surface area (Å²) in [6.45, 7) is 2.21. The van der Waals surface area contributed by atoms with Gasteiger partial charge < -0.3 is 5.11 Å². The highest BCUT2D eigenvalue weighted by Crippen LogP contribution is 2.41. The molecule has 2 atom stereocenters. The lowest BCUT2D eigenvalue weighted by Crippen LogP contribution is -1.99. The van der Waals surface area contributed by atoms with Crippen LogP contribution < -0.4 is 0 Å². The SMILES string of the molecule is CCCCCC(O)c1ccc(C2=CCC[C@@H]2CCCc2cccs2)s1. The zero-order chi connectivity index (χ0) is 17.5. The predicted octanol–water partition coefficient (Wildman–Crippen LogP) is 7.24. The normalized spacial score (nSPS) is 18.5. The van der Waals surface area contributed by atoms with Crippen molar-refractivity contribution in [3.8, 4) is 0 Å². The second-order valence-electron chi connectivity index (χ2n) is 7.12. The fraction of sp³-hybridized carbons (Fsp3) is 0.545. The van der Waals surface area contributed by atoms with Crippen molar-refractivity contribution in [1.82, 2.24) is 0 Å². The average Bonchev–Trinajstić information content (AvgIpc) is 3.36. The first kappa shape index (κ1) is 18.9. The molecule has 0 bridgehead atoms. The van der Waals surface area contributed by atoms with Crippen LogP contribution in [0.4, 0.5) is 0 Å². The number of rotatable bonds is 10. The minimum atomic E-state index is -0.274. The molecule has 2 aromatic rings. The smallest absolute Gasteiger partial charge is 0.0882 e. The predicted molar refractivity (Wildman–Crippen MR) is 111 cm³/mol. The molecule has 0 aliphatic heterocycles. The standard InChI is InChI=1S/C22H30OS2/c1-2-3-4-13-20(23)22-15-14-21(25-22)19-12-6-9-17(19)8-5-10-18-11-7-16-24-18/h7,11-12,14-17,20,23H,2-6,8-10,13H2,1H3/t17-,20?/m0/s1. The zero-order valence-electron chi connectivity index (χ0n) is 15.2. The first-order valence-electron chi connectivity index (χ1n) is 9.78. The summed E-state index contributed by atoms with van der Waals surface area (Å²) in [7, 11) is 0. The van der Waals surface area contributed by atoms with Gasteiger partial charge in [-0.3, -0.25) is 0 Å². The number of thiophene rings is 2. The van der Waals surface area contributed by atoms with Gasteiger partial charge in [0.15, 0.2) is 0 Å². The van der Waals surface area contributed by atoms with Crippen LogP contribution in [-0.4, -0.2) is 5.11 Å². The second-order valence-corrected chi connectivity index (χ2v) is 9.27. The van der Waals surface area contributed by atoms with Gasteiger partial charge in [-0.25, -0.2) is 0 Å². The molecule has 0 saturated heterocycles. The lowest BCUT2D eigenvalue weighted by molar-refractivity contribution is 0.167. The molecular formula is C22H30OS2. The lowest BCUT2D eigenvalue weighted by atomic mass is 9.94. The molecule has 0 saturated carbocycles. The van der Waals surface area contributed by atoms with Crippen LogP contribution in [-0.2, 0) is 6.42 Å². The van der Waals surface area contributed by atoms with Crippen molar-refractivity contribution in [3.63, 3.8) is 0 Å². The van der Waals surface area contributed by atoms with Gasteiger partial charge in [0.2, 0.25) is 0 Å². The van der Waals surface area contributed by atoms with Crippen molar-refractivity contribution in [1.29, 1.82) is 0 Å². The van der Waals surface area contributed by atoms with Gasteiger partial charge in [-0.15, -0.1) is 22.7 Å². The van der Waals surface area contributed by atoms with E-state index in [0.29, 0.717) is 5.92 Å². The Kier molecular flexibility index (Phi) is 7.33. The third-order valence-electron chi connectivity index (χ3n) is 5.20. The molecule has 0 amide bonds. The Labute approximate surface area is 160 Å². The molecule has 1 N–H and O–H groups in total. The first-order chi connectivity index (χ1) is 12.3. The van der Waals surface area contributed by atoms with E-state index in [1.807, 2.05) is 22.7 Å². The number of aliphatic hydroxyl groups excluding tert-OH is 1. The number of unbranched alkanes of at least 4 members (excludes halogenated alkanes) is 2. The summed E-state index contributed by atoms with van der Waals surface area (Å²) in [5.41, 5.74) is 1.54. The Bertz CT molecular complexity index is 653. The highest BCUT2D eigenvalue weighted by Gasteiger charge is 2.22. The van der Waals surface area contributed by atoms with Gasteiger partial charge in [0.1, 0.15) is 0 Å². The van der Waals surface area contributed by atoms with Gasteiger partial charge in [-0.05, 0) is 73.6 Å². The van der Waals surface area contributed by atoms with Crippen molar-refractivity contribution in [3.05, 3.63) is 50.4 Å². The van der Waals surface area contributed by atoms with Crippen molar-refractivity contribution < 1.29 is 5.11 Å². The Morgan fingerprint density at radius 1 is 1.20 bits per heavy atom. The molecule has 0 radical (unpaired) electrons. The van der Waals surface area contributed by atoms with Crippen LogP contribution in [0.2, 0.25) is 0 Å². The minimum Gasteiger partial charge on any atom is -0.388 e. The monoisotopic (exact) mass is 374 g/mol. The van der Waals surface area contributed by atoms with E-state index in [4.69, 9.17) is 0 Å². The fourth-order valence-electron chi connectivity index (χ4n) is 3.76. The summed E-state index contributed by atoms with van der Waals surface area (Å²) < 4.78 is 0. The zero-order valence-corrected chi connectivity index (χ0v) is 16.9. The molecule has 1 nitrogen and oxygen atoms in total. The second kappa shape index (κ2) is 9.70. The summed E-state index contributed by atoms with van der Waals surface area (Å²) in [6.07, 6.45) is 12.9. The van der Waals surface area contributed by atoms with E-state index in [1.54, 1.807) is 5.57 Å². The summed E-state index contributed by atoms with van der Waals surface area (Å²) in [5.74, 6) is 0.712. The summed E-state index contributed by atoms with van der Waals surface area (Å²) in [5, 5.41) is 12.6. The molecule has 1 unspecified atom stereocenters. The van der Waals surface area contributed by atoms with E-state index in [0.717, 1.165) is 17.7 Å². The number of aryl methyl sites for hydroxylation is 1. The highest BCUT2D eigenvalue weighted by atomic mass is 32.1. The van der Waals surface area contributed by atoms with Crippen molar-refractivity contribution >= 4 is 28.2 Å². The molecule has 1 aliphatic rings. The summed E-state index contributed by atoms with van der Waals surface area (Å²) in [6, 6.07) is 8.80. The molecule has 136 valence electrons. The van der Waals surface area contributed by atoms with E-state index >= 15 is 0 Å². The molecular weight excluding hydrogens is 344 g/mol. The van der Waals surface area contributed by atoms with Crippen LogP contribution in [0.1, 0.15) is 79.0 Å². The maximum absolute atomic E-state index is 10.4. The van der Waals surface area contributed by atoms with Crippen molar-refractivity contribution in [2.75, 3.05) is 0 Å². The molecule has 2 heterocycles. The molecule has 25 heavy (non-hydrogen) atoms. The van der Waals surface area contributed by atoms with Gasteiger partial charge in [0.05, 0.1) is 6.10 Å². The van der Waals surface area contributed by atoms with Crippen LogP contribution in [0.3, 0.4) is 0 Å². The van der Waals surface area contributed by atoms with Crippen LogP contribution >= 0.6 is 22.7 Å². The largest absolute Gasteiger partial charge is 0.388 e. The van der Waals surface area contributed by atoms with Crippen molar-refractivity contribution in [2.24, 2.45) is 5.92 Å². The van der Waals surface area contributed by atoms with Gasteiger partial charge in [-0.1, -0.05) is 38.3 Å². The maximum atomic E-state index is 10.4. The van der Waals surface area contributed by atoms with Crippen LogP contribution in [0.5, 0.6) is 0 Å². The van der Waals surface area contributed by atoms with Crippen LogP contribution in [0.15, 0.2) is 35.7 Å². The Hall–Kier alpha value is -0.900. The third-order valence-corrected chi connectivity index (χ3v) is 7.37. The van der Waals surface area contributed by atoms with Gasteiger partial charge in [0, 0.05) is 14.6 Å². The topological polar surface area (TPSA) is 20.2 Å². The van der Waals surface area contributed by atoms with E-state index in [-0.39, 0.29) is 6.10 Å². The van der Waals surface area contributed by atoms with Gasteiger partial charge in [0.25, 0.3) is 0 Å². The molecule has 3 rings (SSSR count). The molecule has 0 fully saturated rings. The minimum absolute atomic E-state index is 0.274. The molecule has 0 spiro atoms. The number of aliphatic hydroxyl groups is 1. The van der Waals surface area contributed by atoms with E-state index < -0.39 is 0 Å².